The molecule has 0 fully saturated rings. The molecule has 0 aliphatic rings. The molecular formula is C4H14N2O. The molecule has 3 nitrogen and oxygen atoms in total. The maximum Gasteiger partial charge on any atom is 0.135 e. The van der Waals surface area contributed by atoms with Crippen molar-refractivity contribution in [3.63, 3.8) is 0 Å². The van der Waals surface area contributed by atoms with E-state index < -0.39 is 0 Å². The number of hydrogen-bond acceptors (Lipinski definition) is 2. The van der Waals surface area contributed by atoms with E-state index >= 15 is 0 Å². The van der Waals surface area contributed by atoms with Crippen LogP contribution in [-0.2, 0) is 0 Å². The first-order valence-corrected chi connectivity index (χ1v) is 2.20. The fraction of sp³-hybridized carbons (Fsp3) is 1.00. The van der Waals surface area contributed by atoms with Crippen LogP contribution in [0.25, 0.3) is 0 Å². The summed E-state index contributed by atoms with van der Waals surface area (Å²) in [6.07, 6.45) is 0.269. The molecule has 0 amide bonds. The minimum Gasteiger partial charge on any atom is -0.870 e. The van der Waals surface area contributed by atoms with Gasteiger partial charge in [0.15, 0.2) is 0 Å². The van der Waals surface area contributed by atoms with E-state index in [4.69, 9.17) is 5.73 Å². The van der Waals surface area contributed by atoms with Crippen LogP contribution in [0, 0.1) is 0 Å². The first-order chi connectivity index (χ1) is 2.64. The van der Waals surface area contributed by atoms with Crippen LogP contribution in [0.2, 0.25) is 0 Å². The predicted octanol–water partition coefficient (Wildman–Crippen LogP) is -1.74. The molecule has 46 valence electrons. The van der Waals surface area contributed by atoms with Gasteiger partial charge in [-0.15, -0.1) is 0 Å². The number of rotatable bonds is 1. The van der Waals surface area contributed by atoms with Gasteiger partial charge in [0.2, 0.25) is 0 Å². The summed E-state index contributed by atoms with van der Waals surface area (Å²) in [7, 11) is 4.06. The first-order valence-electron chi connectivity index (χ1n) is 2.20. The van der Waals surface area contributed by atoms with Gasteiger partial charge in [0.05, 0.1) is 14.1 Å². The van der Waals surface area contributed by atoms with Crippen LogP contribution in [0.15, 0.2) is 0 Å². The Labute approximate surface area is 44.4 Å². The average Bonchev–Trinajstić information content (AvgIpc) is 1.36. The maximum absolute atomic E-state index is 5.40. The van der Waals surface area contributed by atoms with Gasteiger partial charge in [-0.25, -0.2) is 0 Å². The zero-order valence-corrected chi connectivity index (χ0v) is 5.10. The van der Waals surface area contributed by atoms with Crippen molar-refractivity contribution in [1.29, 1.82) is 0 Å². The third-order valence-electron chi connectivity index (χ3n) is 0.911. The van der Waals surface area contributed by atoms with Crippen LogP contribution >= 0.6 is 0 Å². The van der Waals surface area contributed by atoms with E-state index in [-0.39, 0.29) is 11.6 Å². The Morgan fingerprint density at radius 2 is 1.57 bits per heavy atom. The molecule has 0 spiro atoms. The van der Waals surface area contributed by atoms with Crippen molar-refractivity contribution in [2.45, 2.75) is 13.1 Å². The molecule has 0 aliphatic heterocycles. The Morgan fingerprint density at radius 1 is 1.43 bits per heavy atom. The second-order valence-corrected chi connectivity index (χ2v) is 1.87. The number of nitrogens with one attached hydrogen (secondary N) is 1. The fourth-order valence-corrected chi connectivity index (χ4v) is 0. The van der Waals surface area contributed by atoms with Crippen LogP contribution in [0.1, 0.15) is 6.92 Å². The Morgan fingerprint density at radius 3 is 1.57 bits per heavy atom. The molecular weight excluding hydrogens is 92.1 g/mol. The van der Waals surface area contributed by atoms with Crippen LogP contribution in [0.3, 0.4) is 0 Å². The lowest BCUT2D eigenvalue weighted by atomic mass is 10.6. The van der Waals surface area contributed by atoms with E-state index in [1.54, 1.807) is 0 Å². The normalized spacial score (nSPS) is 13.3. The molecule has 0 saturated carbocycles. The monoisotopic (exact) mass is 106 g/mol. The molecule has 0 aromatic rings. The molecule has 0 aromatic heterocycles. The third kappa shape index (κ3) is 5.88. The van der Waals surface area contributed by atoms with E-state index in [1.165, 1.54) is 4.90 Å². The summed E-state index contributed by atoms with van der Waals surface area (Å²) in [5.74, 6) is 0. The van der Waals surface area contributed by atoms with Crippen molar-refractivity contribution < 1.29 is 10.4 Å². The highest BCUT2D eigenvalue weighted by Crippen LogP contribution is 1.44. The van der Waals surface area contributed by atoms with Crippen molar-refractivity contribution in [1.82, 2.24) is 0 Å². The smallest absolute Gasteiger partial charge is 0.135 e. The summed E-state index contributed by atoms with van der Waals surface area (Å²) in [6.45, 7) is 1.98. The summed E-state index contributed by atoms with van der Waals surface area (Å²) in [6, 6.07) is 0. The molecule has 0 aromatic carbocycles. The van der Waals surface area contributed by atoms with E-state index in [1.807, 2.05) is 21.0 Å². The van der Waals surface area contributed by atoms with Crippen molar-refractivity contribution in [2.24, 2.45) is 5.73 Å². The van der Waals surface area contributed by atoms with Crippen LogP contribution in [0.5, 0.6) is 0 Å². The molecule has 0 radical (unpaired) electrons. The van der Waals surface area contributed by atoms with Gasteiger partial charge < -0.3 is 10.4 Å². The molecule has 0 bridgehead atoms. The zero-order valence-electron chi connectivity index (χ0n) is 5.10. The van der Waals surface area contributed by atoms with Crippen LogP contribution in [-0.4, -0.2) is 25.7 Å². The quantitative estimate of drug-likeness (QED) is 0.390. The van der Waals surface area contributed by atoms with Crippen molar-refractivity contribution >= 4 is 0 Å². The Balaban J connectivity index is 0. The highest BCUT2D eigenvalue weighted by molar-refractivity contribution is 4.20. The third-order valence-corrected chi connectivity index (χ3v) is 0.911. The SMILES string of the molecule is CC(N)[NH+](C)C.[OH-]. The lowest BCUT2D eigenvalue weighted by molar-refractivity contribution is -0.883. The minimum atomic E-state index is 0. The Kier molecular flexibility index (Phi) is 5.78. The van der Waals surface area contributed by atoms with Gasteiger partial charge in [0.25, 0.3) is 0 Å². The van der Waals surface area contributed by atoms with Gasteiger partial charge in [0, 0.05) is 6.92 Å². The molecule has 1 atom stereocenters. The molecule has 0 aliphatic carbocycles. The van der Waals surface area contributed by atoms with E-state index in [2.05, 4.69) is 0 Å². The summed E-state index contributed by atoms with van der Waals surface area (Å²) in [5.41, 5.74) is 5.40. The Hall–Kier alpha value is -0.120. The van der Waals surface area contributed by atoms with Gasteiger partial charge in [-0.3, -0.25) is 5.73 Å². The average molecular weight is 106 g/mol. The van der Waals surface area contributed by atoms with E-state index in [9.17, 15) is 0 Å². The van der Waals surface area contributed by atoms with E-state index in [0.29, 0.717) is 0 Å². The van der Waals surface area contributed by atoms with Gasteiger partial charge in [-0.05, 0) is 0 Å². The second kappa shape index (κ2) is 4.05. The van der Waals surface area contributed by atoms with Crippen LogP contribution in [0.4, 0.5) is 0 Å². The molecule has 0 rings (SSSR count). The number of nitrogens with two attached hydrogens (primary N) is 1. The molecule has 0 heterocycles. The lowest BCUT2D eigenvalue weighted by Gasteiger charge is -2.09. The molecule has 7 heavy (non-hydrogen) atoms. The zero-order chi connectivity index (χ0) is 5.15. The summed E-state index contributed by atoms with van der Waals surface area (Å²) < 4.78 is 0. The highest BCUT2D eigenvalue weighted by atomic mass is 16.0. The van der Waals surface area contributed by atoms with Crippen molar-refractivity contribution in [3.8, 4) is 0 Å². The van der Waals surface area contributed by atoms with Crippen molar-refractivity contribution in [3.05, 3.63) is 0 Å². The van der Waals surface area contributed by atoms with Gasteiger partial charge in [-0.1, -0.05) is 0 Å². The van der Waals surface area contributed by atoms with Gasteiger partial charge in [0.1, 0.15) is 6.17 Å². The Bertz CT molecular complexity index is 30.7. The molecule has 1 unspecified atom stereocenters. The fourth-order valence-electron chi connectivity index (χ4n) is 0. The topological polar surface area (TPSA) is 60.5 Å². The largest absolute Gasteiger partial charge is 0.870 e. The van der Waals surface area contributed by atoms with Crippen LogP contribution < -0.4 is 10.6 Å². The minimum absolute atomic E-state index is 0. The molecule has 0 saturated heterocycles. The predicted molar refractivity (Wildman–Crippen MR) is 28.4 cm³/mol. The highest BCUT2D eigenvalue weighted by Gasteiger charge is 1.94. The van der Waals surface area contributed by atoms with Crippen molar-refractivity contribution in [2.75, 3.05) is 14.1 Å². The van der Waals surface area contributed by atoms with Gasteiger partial charge in [-0.2, -0.15) is 0 Å². The van der Waals surface area contributed by atoms with E-state index in [0.717, 1.165) is 0 Å². The molecule has 4 N–H and O–H groups in total. The molecule has 3 heteroatoms. The number of hydrogen-bond donors (Lipinski definition) is 2. The maximum atomic E-state index is 5.40. The summed E-state index contributed by atoms with van der Waals surface area (Å²) in [5, 5.41) is 0. The summed E-state index contributed by atoms with van der Waals surface area (Å²) >= 11 is 0. The second-order valence-electron chi connectivity index (χ2n) is 1.87. The lowest BCUT2D eigenvalue weighted by Crippen LogP contribution is -3.11. The van der Waals surface area contributed by atoms with Gasteiger partial charge >= 0.3 is 0 Å². The first kappa shape index (κ1) is 9.99. The standard InChI is InChI=1S/C4H12N2.H2O/c1-4(5)6(2)3;/h4H,5H2,1-3H3;1H2. The number of quaternary nitrogens is 1. The summed E-state index contributed by atoms with van der Waals surface area (Å²) in [4.78, 5) is 1.29.